The van der Waals surface area contributed by atoms with Crippen molar-refractivity contribution in [3.8, 4) is 0 Å². The first kappa shape index (κ1) is 12.9. The fourth-order valence-corrected chi connectivity index (χ4v) is 3.57. The Morgan fingerprint density at radius 1 is 1.38 bits per heavy atom. The Balaban J connectivity index is 1.60. The van der Waals surface area contributed by atoms with E-state index in [1.165, 1.54) is 0 Å². The molecule has 1 aromatic heterocycles. The zero-order chi connectivity index (χ0) is 14.6. The van der Waals surface area contributed by atoms with E-state index in [2.05, 4.69) is 0 Å². The van der Waals surface area contributed by atoms with Crippen LogP contribution in [-0.4, -0.2) is 34.6 Å². The van der Waals surface area contributed by atoms with Gasteiger partial charge in [-0.15, -0.1) is 0 Å². The molecule has 1 saturated carbocycles. The fourth-order valence-electron chi connectivity index (χ4n) is 3.57. The van der Waals surface area contributed by atoms with Gasteiger partial charge in [0, 0.05) is 23.4 Å². The van der Waals surface area contributed by atoms with Crippen LogP contribution in [0.3, 0.4) is 0 Å². The molecule has 1 N–H and O–H groups in total. The van der Waals surface area contributed by atoms with Gasteiger partial charge in [0.25, 0.3) is 5.91 Å². The molecule has 2 aliphatic rings. The molecule has 21 heavy (non-hydrogen) atoms. The molecular weight excluding hydrogens is 266 g/mol. The molecule has 4 rings (SSSR count). The van der Waals surface area contributed by atoms with E-state index in [0.717, 1.165) is 23.8 Å². The molecule has 0 radical (unpaired) electrons. The van der Waals surface area contributed by atoms with Crippen molar-refractivity contribution >= 4 is 16.9 Å². The molecule has 110 valence electrons. The minimum atomic E-state index is -0.685. The van der Waals surface area contributed by atoms with Gasteiger partial charge in [0.15, 0.2) is 0 Å². The van der Waals surface area contributed by atoms with Crippen molar-refractivity contribution in [2.75, 3.05) is 13.1 Å². The lowest BCUT2D eigenvalue weighted by atomic mass is 9.88. The van der Waals surface area contributed by atoms with E-state index in [1.54, 1.807) is 17.2 Å². The maximum atomic E-state index is 12.7. The summed E-state index contributed by atoms with van der Waals surface area (Å²) in [5.74, 6) is 0.523. The molecule has 2 aromatic rings. The van der Waals surface area contributed by atoms with Crippen LogP contribution in [0.4, 0.5) is 0 Å². The Morgan fingerprint density at radius 2 is 2.19 bits per heavy atom. The predicted molar refractivity (Wildman–Crippen MR) is 79.0 cm³/mol. The highest BCUT2D eigenvalue weighted by atomic mass is 16.3. The van der Waals surface area contributed by atoms with E-state index in [-0.39, 0.29) is 11.8 Å². The van der Waals surface area contributed by atoms with Crippen LogP contribution in [0.5, 0.6) is 0 Å². The third-order valence-corrected chi connectivity index (χ3v) is 5.06. The molecule has 1 saturated heterocycles. The molecule has 1 aliphatic carbocycles. The number of rotatable bonds is 2. The molecule has 4 heteroatoms. The van der Waals surface area contributed by atoms with Gasteiger partial charge < -0.3 is 14.4 Å². The molecule has 4 nitrogen and oxygen atoms in total. The quantitative estimate of drug-likeness (QED) is 0.923. The first-order chi connectivity index (χ1) is 10.1. The summed E-state index contributed by atoms with van der Waals surface area (Å²) in [6, 6.07) is 7.35. The summed E-state index contributed by atoms with van der Waals surface area (Å²) in [7, 11) is 0. The van der Waals surface area contributed by atoms with Crippen molar-refractivity contribution < 1.29 is 14.3 Å². The zero-order valence-corrected chi connectivity index (χ0v) is 12.1. The normalized spacial score (nSPS) is 29.2. The third kappa shape index (κ3) is 1.97. The molecule has 0 spiro atoms. The van der Waals surface area contributed by atoms with E-state index >= 15 is 0 Å². The number of aliphatic hydroxyl groups is 1. The van der Waals surface area contributed by atoms with Crippen molar-refractivity contribution in [1.82, 2.24) is 4.90 Å². The third-order valence-electron chi connectivity index (χ3n) is 5.06. The highest BCUT2D eigenvalue weighted by molar-refractivity contribution is 5.98. The summed E-state index contributed by atoms with van der Waals surface area (Å²) in [5, 5.41) is 11.7. The first-order valence-corrected chi connectivity index (χ1v) is 7.57. The number of carbonyl (C=O) groups is 1. The number of benzene rings is 1. The Labute approximate surface area is 123 Å². The van der Waals surface area contributed by atoms with Crippen LogP contribution in [0.15, 0.2) is 34.9 Å². The van der Waals surface area contributed by atoms with Crippen LogP contribution >= 0.6 is 0 Å². The number of hydrogen-bond donors (Lipinski definition) is 1. The molecule has 2 heterocycles. The lowest BCUT2D eigenvalue weighted by Crippen LogP contribution is -2.40. The van der Waals surface area contributed by atoms with Gasteiger partial charge >= 0.3 is 0 Å². The number of furan rings is 1. The Bertz CT molecular complexity index is 703. The number of hydrogen-bond acceptors (Lipinski definition) is 3. The number of β-amino-alcohol motifs (C(OH)–C–C–N with tert-alkyl or cyclic N) is 1. The lowest BCUT2D eigenvalue weighted by Gasteiger charge is -2.26. The number of amides is 1. The van der Waals surface area contributed by atoms with Crippen molar-refractivity contribution in [2.24, 2.45) is 11.8 Å². The van der Waals surface area contributed by atoms with Gasteiger partial charge in [-0.25, -0.2) is 0 Å². The van der Waals surface area contributed by atoms with E-state index in [9.17, 15) is 9.90 Å². The van der Waals surface area contributed by atoms with Crippen LogP contribution in [0, 0.1) is 11.8 Å². The second-order valence-corrected chi connectivity index (χ2v) is 6.53. The van der Waals surface area contributed by atoms with Gasteiger partial charge in [0.1, 0.15) is 5.58 Å². The second-order valence-electron chi connectivity index (χ2n) is 6.53. The van der Waals surface area contributed by atoms with Crippen molar-refractivity contribution in [3.63, 3.8) is 0 Å². The number of nitrogens with zero attached hydrogens (tertiary/aromatic N) is 1. The molecule has 0 unspecified atom stereocenters. The number of fused-ring (bicyclic) bond motifs is 1. The topological polar surface area (TPSA) is 53.7 Å². The molecule has 1 aromatic carbocycles. The molecule has 0 bridgehead atoms. The molecule has 2 atom stereocenters. The van der Waals surface area contributed by atoms with Crippen LogP contribution in [-0.2, 0) is 0 Å². The maximum Gasteiger partial charge on any atom is 0.253 e. The van der Waals surface area contributed by atoms with Gasteiger partial charge in [-0.1, -0.05) is 6.92 Å². The average Bonchev–Trinajstić information content (AvgIpc) is 3.16. The first-order valence-electron chi connectivity index (χ1n) is 7.57. The molecule has 2 fully saturated rings. The highest BCUT2D eigenvalue weighted by Gasteiger charge is 2.53. The molecular formula is C17H19NO3. The Hall–Kier alpha value is -1.81. The minimum absolute atomic E-state index is 0.00141. The van der Waals surface area contributed by atoms with Gasteiger partial charge in [-0.05, 0) is 43.0 Å². The van der Waals surface area contributed by atoms with Gasteiger partial charge in [-0.3, -0.25) is 4.79 Å². The summed E-state index contributed by atoms with van der Waals surface area (Å²) in [5.41, 5.74) is 0.766. The van der Waals surface area contributed by atoms with Crippen molar-refractivity contribution in [2.45, 2.75) is 25.4 Å². The maximum absolute atomic E-state index is 12.7. The zero-order valence-electron chi connectivity index (χ0n) is 12.1. The Morgan fingerprint density at radius 3 is 2.95 bits per heavy atom. The van der Waals surface area contributed by atoms with Crippen molar-refractivity contribution in [1.29, 1.82) is 0 Å². The SMILES string of the molecule is C[C@@H]1CN(C(=O)c2ccc3occc3c2)C[C@@]1(O)C1CC1. The van der Waals surface area contributed by atoms with Crippen LogP contribution in [0.1, 0.15) is 30.1 Å². The Kier molecular flexibility index (Phi) is 2.67. The van der Waals surface area contributed by atoms with E-state index in [4.69, 9.17) is 4.42 Å². The van der Waals surface area contributed by atoms with Crippen LogP contribution in [0.25, 0.3) is 11.0 Å². The van der Waals surface area contributed by atoms with Crippen LogP contribution in [0.2, 0.25) is 0 Å². The minimum Gasteiger partial charge on any atom is -0.464 e. The van der Waals surface area contributed by atoms with E-state index < -0.39 is 5.60 Å². The lowest BCUT2D eigenvalue weighted by molar-refractivity contribution is -0.00364. The number of carbonyl (C=O) groups excluding carboxylic acids is 1. The second kappa shape index (κ2) is 4.34. The van der Waals surface area contributed by atoms with Gasteiger partial charge in [0.2, 0.25) is 0 Å². The van der Waals surface area contributed by atoms with E-state index in [0.29, 0.717) is 24.6 Å². The summed E-state index contributed by atoms with van der Waals surface area (Å²) in [6.07, 6.45) is 3.80. The molecule has 1 aliphatic heterocycles. The van der Waals surface area contributed by atoms with Crippen LogP contribution < -0.4 is 0 Å². The average molecular weight is 285 g/mol. The fraction of sp³-hybridized carbons (Fsp3) is 0.471. The largest absolute Gasteiger partial charge is 0.464 e. The standard InChI is InChI=1S/C17H19NO3/c1-11-9-18(10-17(11,20)14-3-4-14)16(19)13-2-5-15-12(8-13)6-7-21-15/h2,5-8,11,14,20H,3-4,9-10H2,1H3/t11-,17+/m1/s1. The predicted octanol–water partition coefficient (Wildman–Crippen LogP) is 2.67. The van der Waals surface area contributed by atoms with Gasteiger partial charge in [-0.2, -0.15) is 0 Å². The summed E-state index contributed by atoms with van der Waals surface area (Å²) < 4.78 is 5.30. The molecule has 1 amide bonds. The monoisotopic (exact) mass is 285 g/mol. The smallest absolute Gasteiger partial charge is 0.253 e. The summed E-state index contributed by atoms with van der Waals surface area (Å²) in [6.45, 7) is 3.14. The van der Waals surface area contributed by atoms with Crippen molar-refractivity contribution in [3.05, 3.63) is 36.1 Å². The summed E-state index contributed by atoms with van der Waals surface area (Å²) >= 11 is 0. The van der Waals surface area contributed by atoms with Gasteiger partial charge in [0.05, 0.1) is 18.4 Å². The summed E-state index contributed by atoms with van der Waals surface area (Å²) in [4.78, 5) is 14.5. The number of likely N-dealkylation sites (tertiary alicyclic amines) is 1. The highest BCUT2D eigenvalue weighted by Crippen LogP contribution is 2.47. The van der Waals surface area contributed by atoms with E-state index in [1.807, 2.05) is 25.1 Å².